The van der Waals surface area contributed by atoms with Crippen LogP contribution in [0.2, 0.25) is 0 Å². The zero-order chi connectivity index (χ0) is 17.6. The number of carbonyl (C=O) groups excluding carboxylic acids is 1. The van der Waals surface area contributed by atoms with Crippen LogP contribution in [0.5, 0.6) is 11.5 Å². The number of fused-ring (bicyclic) bond motifs is 1. The van der Waals surface area contributed by atoms with Gasteiger partial charge >= 0.3 is 6.03 Å². The minimum Gasteiger partial charge on any atom is -0.507 e. The molecule has 3 N–H and O–H groups in total. The van der Waals surface area contributed by atoms with Gasteiger partial charge in [-0.25, -0.2) is 4.79 Å². The molecule has 25 heavy (non-hydrogen) atoms. The molecule has 3 rings (SSSR count). The van der Waals surface area contributed by atoms with E-state index in [1.165, 1.54) is 0 Å². The minimum atomic E-state index is -0.274. The average Bonchev–Trinajstić information content (AvgIpc) is 2.63. The molecule has 0 radical (unpaired) electrons. The fraction of sp³-hybridized carbons (Fsp3) is 0.150. The van der Waals surface area contributed by atoms with Gasteiger partial charge in [0.15, 0.2) is 0 Å². The Morgan fingerprint density at radius 3 is 2.48 bits per heavy atom. The summed E-state index contributed by atoms with van der Waals surface area (Å²) in [5.41, 5.74) is 1.78. The van der Waals surface area contributed by atoms with Crippen molar-refractivity contribution >= 4 is 22.5 Å². The molecule has 5 nitrogen and oxygen atoms in total. The minimum absolute atomic E-state index is 0.195. The number of nitrogens with one attached hydrogen (secondary N) is 2. The lowest BCUT2D eigenvalue weighted by atomic mass is 10.1. The van der Waals surface area contributed by atoms with Crippen LogP contribution in [0.1, 0.15) is 5.56 Å². The molecule has 0 aromatic heterocycles. The van der Waals surface area contributed by atoms with Gasteiger partial charge in [-0.05, 0) is 36.2 Å². The predicted molar refractivity (Wildman–Crippen MR) is 99.3 cm³/mol. The number of amides is 2. The Morgan fingerprint density at radius 1 is 1.00 bits per heavy atom. The summed E-state index contributed by atoms with van der Waals surface area (Å²) in [6.07, 6.45) is 0.730. The van der Waals surface area contributed by atoms with Crippen molar-refractivity contribution in [1.82, 2.24) is 5.32 Å². The highest BCUT2D eigenvalue weighted by Crippen LogP contribution is 2.29. The van der Waals surface area contributed by atoms with E-state index < -0.39 is 0 Å². The average molecular weight is 336 g/mol. The second kappa shape index (κ2) is 7.57. The maximum atomic E-state index is 12.1. The highest BCUT2D eigenvalue weighted by Gasteiger charge is 2.07. The monoisotopic (exact) mass is 336 g/mol. The number of urea groups is 1. The maximum Gasteiger partial charge on any atom is 0.319 e. The van der Waals surface area contributed by atoms with Gasteiger partial charge in [-0.15, -0.1) is 0 Å². The molecule has 0 saturated heterocycles. The Bertz CT molecular complexity index is 876. The molecule has 0 bridgehead atoms. The molecule has 3 aromatic rings. The lowest BCUT2D eigenvalue weighted by Gasteiger charge is -2.11. The summed E-state index contributed by atoms with van der Waals surface area (Å²) in [5.74, 6) is 1.01. The van der Waals surface area contributed by atoms with E-state index in [1.54, 1.807) is 25.3 Å². The van der Waals surface area contributed by atoms with Gasteiger partial charge in [0, 0.05) is 17.3 Å². The molecule has 0 saturated carbocycles. The van der Waals surface area contributed by atoms with Gasteiger partial charge in [0.25, 0.3) is 0 Å². The summed E-state index contributed by atoms with van der Waals surface area (Å²) in [6, 6.07) is 18.2. The molecule has 0 aliphatic heterocycles. The molecule has 0 heterocycles. The van der Waals surface area contributed by atoms with Crippen LogP contribution in [0.25, 0.3) is 10.8 Å². The Kier molecular flexibility index (Phi) is 5.04. The van der Waals surface area contributed by atoms with E-state index in [1.807, 2.05) is 42.5 Å². The van der Waals surface area contributed by atoms with Gasteiger partial charge in [0.1, 0.15) is 11.5 Å². The Labute approximate surface area is 146 Å². The van der Waals surface area contributed by atoms with Gasteiger partial charge < -0.3 is 20.5 Å². The van der Waals surface area contributed by atoms with Crippen LogP contribution in [-0.2, 0) is 6.42 Å². The molecule has 0 spiro atoms. The van der Waals surface area contributed by atoms with Crippen LogP contribution in [0.4, 0.5) is 10.5 Å². The molecule has 3 aromatic carbocycles. The number of hydrogen-bond acceptors (Lipinski definition) is 3. The van der Waals surface area contributed by atoms with Crippen LogP contribution in [0.3, 0.4) is 0 Å². The van der Waals surface area contributed by atoms with Crippen LogP contribution in [0, 0.1) is 0 Å². The van der Waals surface area contributed by atoms with Crippen LogP contribution in [-0.4, -0.2) is 24.8 Å². The lowest BCUT2D eigenvalue weighted by molar-refractivity contribution is 0.252. The van der Waals surface area contributed by atoms with Crippen LogP contribution >= 0.6 is 0 Å². The molecule has 0 aliphatic carbocycles. The van der Waals surface area contributed by atoms with Gasteiger partial charge in [-0.1, -0.05) is 36.4 Å². The summed E-state index contributed by atoms with van der Waals surface area (Å²) < 4.78 is 5.12. The Morgan fingerprint density at radius 2 is 1.72 bits per heavy atom. The Balaban J connectivity index is 1.58. The van der Waals surface area contributed by atoms with Gasteiger partial charge in [0.2, 0.25) is 0 Å². The topological polar surface area (TPSA) is 70.6 Å². The molecule has 0 fully saturated rings. The maximum absolute atomic E-state index is 12.1. The number of methoxy groups -OCH3 is 1. The first-order valence-electron chi connectivity index (χ1n) is 8.06. The molecular weight excluding hydrogens is 316 g/mol. The number of phenolic OH excluding ortho intramolecular Hbond substituents is 1. The van der Waals surface area contributed by atoms with Crippen LogP contribution in [0.15, 0.2) is 60.7 Å². The second-order valence-corrected chi connectivity index (χ2v) is 5.66. The third-order valence-corrected chi connectivity index (χ3v) is 4.01. The number of hydrogen-bond donors (Lipinski definition) is 3. The smallest absolute Gasteiger partial charge is 0.319 e. The van der Waals surface area contributed by atoms with Gasteiger partial charge in [-0.2, -0.15) is 0 Å². The molecule has 0 atom stereocenters. The first-order chi connectivity index (χ1) is 12.2. The van der Waals surface area contributed by atoms with E-state index in [9.17, 15) is 9.90 Å². The fourth-order valence-corrected chi connectivity index (χ4v) is 2.68. The molecule has 0 unspecified atom stereocenters. The second-order valence-electron chi connectivity index (χ2n) is 5.66. The highest BCUT2D eigenvalue weighted by molar-refractivity contribution is 6.03. The molecule has 2 amide bonds. The van der Waals surface area contributed by atoms with Crippen molar-refractivity contribution in [2.45, 2.75) is 6.42 Å². The van der Waals surface area contributed by atoms with E-state index in [0.29, 0.717) is 17.6 Å². The number of rotatable bonds is 5. The third kappa shape index (κ3) is 4.01. The number of ether oxygens (including phenoxy) is 1. The summed E-state index contributed by atoms with van der Waals surface area (Å²) in [5, 5.41) is 17.1. The molecular formula is C20H20N2O3. The van der Waals surface area contributed by atoms with Crippen molar-refractivity contribution in [3.63, 3.8) is 0 Å². The van der Waals surface area contributed by atoms with E-state index in [0.717, 1.165) is 23.1 Å². The molecule has 128 valence electrons. The van der Waals surface area contributed by atoms with Gasteiger partial charge in [-0.3, -0.25) is 0 Å². The lowest BCUT2D eigenvalue weighted by Crippen LogP contribution is -2.30. The van der Waals surface area contributed by atoms with E-state index >= 15 is 0 Å². The molecule has 5 heteroatoms. The van der Waals surface area contributed by atoms with Crippen molar-refractivity contribution < 1.29 is 14.6 Å². The zero-order valence-corrected chi connectivity index (χ0v) is 14.0. The number of anilines is 1. The zero-order valence-electron chi connectivity index (χ0n) is 14.0. The first kappa shape index (κ1) is 16.6. The van der Waals surface area contributed by atoms with Crippen molar-refractivity contribution in [2.75, 3.05) is 19.0 Å². The summed E-state index contributed by atoms with van der Waals surface area (Å²) in [7, 11) is 1.63. The van der Waals surface area contributed by atoms with Gasteiger partial charge in [0.05, 0.1) is 12.8 Å². The number of benzene rings is 3. The Hall–Kier alpha value is -3.21. The van der Waals surface area contributed by atoms with Crippen molar-refractivity contribution in [3.8, 4) is 11.5 Å². The van der Waals surface area contributed by atoms with Crippen LogP contribution < -0.4 is 15.4 Å². The van der Waals surface area contributed by atoms with Crippen molar-refractivity contribution in [1.29, 1.82) is 0 Å². The van der Waals surface area contributed by atoms with Crippen molar-refractivity contribution in [2.24, 2.45) is 0 Å². The fourth-order valence-electron chi connectivity index (χ4n) is 2.68. The third-order valence-electron chi connectivity index (χ3n) is 4.01. The summed E-state index contributed by atoms with van der Waals surface area (Å²) in [6.45, 7) is 0.522. The number of carbonyl (C=O) groups is 1. The summed E-state index contributed by atoms with van der Waals surface area (Å²) >= 11 is 0. The summed E-state index contributed by atoms with van der Waals surface area (Å²) in [4.78, 5) is 12.1. The largest absolute Gasteiger partial charge is 0.507 e. The normalized spacial score (nSPS) is 10.4. The van der Waals surface area contributed by atoms with Crippen molar-refractivity contribution in [3.05, 3.63) is 66.2 Å². The number of aromatic hydroxyl groups is 1. The van der Waals surface area contributed by atoms with E-state index in [-0.39, 0.29) is 11.8 Å². The quantitative estimate of drug-likeness (QED) is 0.661. The van der Waals surface area contributed by atoms with E-state index in [2.05, 4.69) is 10.6 Å². The van der Waals surface area contributed by atoms with E-state index in [4.69, 9.17) is 4.74 Å². The number of phenols is 1. The standard InChI is InChI=1S/C20H20N2O3/c1-25-15-10-8-14(9-11-15)12-13-21-20(24)22-18-6-2-5-17-16(18)4-3-7-19(17)23/h2-11,23H,12-13H2,1H3,(H2,21,22,24). The molecule has 0 aliphatic rings. The predicted octanol–water partition coefficient (Wildman–Crippen LogP) is 3.92. The first-order valence-corrected chi connectivity index (χ1v) is 8.06. The highest BCUT2D eigenvalue weighted by atomic mass is 16.5. The SMILES string of the molecule is COc1ccc(CCNC(=O)Nc2cccc3c(O)cccc23)cc1.